The van der Waals surface area contributed by atoms with Crippen LogP contribution in [-0.2, 0) is 30.9 Å². The molecule has 10 heteroatoms. The van der Waals surface area contributed by atoms with Crippen molar-refractivity contribution in [1.29, 1.82) is 0 Å². The first-order chi connectivity index (χ1) is 15.6. The summed E-state index contributed by atoms with van der Waals surface area (Å²) in [5, 5.41) is 2.69. The monoisotopic (exact) mass is 475 g/mol. The number of hydrogen-bond donors (Lipinski definition) is 2. The molecule has 0 saturated heterocycles. The van der Waals surface area contributed by atoms with Crippen molar-refractivity contribution in [2.75, 3.05) is 19.7 Å². The first-order valence-electron chi connectivity index (χ1n) is 10.5. The van der Waals surface area contributed by atoms with Crippen LogP contribution in [0.2, 0.25) is 0 Å². The lowest BCUT2D eigenvalue weighted by molar-refractivity contribution is -0.138. The van der Waals surface area contributed by atoms with Gasteiger partial charge in [-0.1, -0.05) is 36.4 Å². The Morgan fingerprint density at radius 1 is 1.03 bits per heavy atom. The maximum atomic E-state index is 12.6. The topological polar surface area (TPSA) is 122 Å². The third-order valence-corrected chi connectivity index (χ3v) is 5.93. The Labute approximate surface area is 194 Å². The molecule has 178 valence electrons. The molecule has 0 aliphatic heterocycles. The normalized spacial score (nSPS) is 11.2. The molecule has 9 nitrogen and oxygen atoms in total. The van der Waals surface area contributed by atoms with Gasteiger partial charge in [-0.05, 0) is 44.5 Å². The van der Waals surface area contributed by atoms with Crippen molar-refractivity contribution in [3.8, 4) is 0 Å². The van der Waals surface area contributed by atoms with E-state index < -0.39 is 28.5 Å². The fraction of sp³-hybridized carbons (Fsp3) is 0.348. The minimum Gasteiger partial charge on any atom is -0.452 e. The Hall–Kier alpha value is -3.24. The smallest absolute Gasteiger partial charge is 0.338 e. The summed E-state index contributed by atoms with van der Waals surface area (Å²) in [4.78, 5) is 37.8. The summed E-state index contributed by atoms with van der Waals surface area (Å²) >= 11 is 0. The van der Waals surface area contributed by atoms with E-state index in [9.17, 15) is 22.8 Å². The molecule has 0 aliphatic carbocycles. The van der Waals surface area contributed by atoms with Crippen molar-refractivity contribution >= 4 is 27.8 Å². The lowest BCUT2D eigenvalue weighted by Crippen LogP contribution is -2.44. The molecule has 0 radical (unpaired) electrons. The van der Waals surface area contributed by atoms with E-state index in [1.807, 2.05) is 19.9 Å². The van der Waals surface area contributed by atoms with E-state index in [2.05, 4.69) is 10.0 Å². The summed E-state index contributed by atoms with van der Waals surface area (Å²) in [5.41, 5.74) is 0.781. The minimum atomic E-state index is -3.86. The van der Waals surface area contributed by atoms with Gasteiger partial charge in [0.2, 0.25) is 15.9 Å². The summed E-state index contributed by atoms with van der Waals surface area (Å²) < 4.78 is 32.7. The molecule has 0 bridgehead atoms. The summed E-state index contributed by atoms with van der Waals surface area (Å²) in [6.07, 6.45) is 0. The molecule has 2 amide bonds. The highest BCUT2D eigenvalue weighted by molar-refractivity contribution is 7.89. The van der Waals surface area contributed by atoms with Gasteiger partial charge < -0.3 is 15.0 Å². The minimum absolute atomic E-state index is 0.00835. The number of sulfonamides is 1. The molecule has 2 aromatic rings. The fourth-order valence-corrected chi connectivity index (χ4v) is 3.93. The number of hydrogen-bond acceptors (Lipinski definition) is 6. The maximum Gasteiger partial charge on any atom is 0.338 e. The zero-order valence-electron chi connectivity index (χ0n) is 18.9. The quantitative estimate of drug-likeness (QED) is 0.477. The number of amides is 2. The van der Waals surface area contributed by atoms with Crippen LogP contribution < -0.4 is 10.0 Å². The Bertz CT molecular complexity index is 1070. The zero-order chi connectivity index (χ0) is 24.4. The Morgan fingerprint density at radius 3 is 2.36 bits per heavy atom. The molecule has 0 saturated carbocycles. The SMILES string of the molecule is CCN(CC(=O)NC(C)C)C(=O)COC(=O)c1cccc(S(=O)(=O)NCc2ccccc2)c1. The average Bonchev–Trinajstić information content (AvgIpc) is 2.79. The predicted octanol–water partition coefficient (Wildman–Crippen LogP) is 1.70. The largest absolute Gasteiger partial charge is 0.452 e. The number of carbonyl (C=O) groups excluding carboxylic acids is 3. The number of ether oxygens (including phenoxy) is 1. The van der Waals surface area contributed by atoms with Crippen LogP contribution in [0.5, 0.6) is 0 Å². The van der Waals surface area contributed by atoms with Crippen molar-refractivity contribution in [2.45, 2.75) is 38.3 Å². The average molecular weight is 476 g/mol. The van der Waals surface area contributed by atoms with Crippen LogP contribution in [0.15, 0.2) is 59.5 Å². The molecule has 0 aliphatic rings. The van der Waals surface area contributed by atoms with Crippen LogP contribution in [0.4, 0.5) is 0 Å². The second-order valence-corrected chi connectivity index (χ2v) is 9.31. The molecule has 33 heavy (non-hydrogen) atoms. The number of likely N-dealkylation sites (N-methyl/N-ethyl adjacent to an activating group) is 1. The van der Waals surface area contributed by atoms with E-state index in [0.29, 0.717) is 0 Å². The summed E-state index contributed by atoms with van der Waals surface area (Å²) in [7, 11) is -3.86. The van der Waals surface area contributed by atoms with Crippen LogP contribution >= 0.6 is 0 Å². The lowest BCUT2D eigenvalue weighted by Gasteiger charge is -2.21. The van der Waals surface area contributed by atoms with Crippen LogP contribution in [0.1, 0.15) is 36.7 Å². The highest BCUT2D eigenvalue weighted by Crippen LogP contribution is 2.13. The molecule has 2 rings (SSSR count). The van der Waals surface area contributed by atoms with Crippen LogP contribution in [0, 0.1) is 0 Å². The standard InChI is InChI=1S/C23H29N3O6S/c1-4-26(15-21(27)25-17(2)3)22(28)16-32-23(29)19-11-8-12-20(13-19)33(30,31)24-14-18-9-6-5-7-10-18/h5-13,17,24H,4,14-16H2,1-3H3,(H,25,27). The van der Waals surface area contributed by atoms with E-state index in [0.717, 1.165) is 5.56 Å². The number of esters is 1. The molecule has 0 unspecified atom stereocenters. The van der Waals surface area contributed by atoms with Gasteiger partial charge in [0.1, 0.15) is 0 Å². The van der Waals surface area contributed by atoms with Gasteiger partial charge in [0, 0.05) is 19.1 Å². The Kier molecular flexibility index (Phi) is 9.56. The number of nitrogens with one attached hydrogen (secondary N) is 2. The molecule has 0 atom stereocenters. The molecule has 0 heterocycles. The third-order valence-electron chi connectivity index (χ3n) is 4.53. The third kappa shape index (κ3) is 8.32. The summed E-state index contributed by atoms with van der Waals surface area (Å²) in [5.74, 6) is -1.68. The van der Waals surface area contributed by atoms with Crippen molar-refractivity contribution in [3.63, 3.8) is 0 Å². The van der Waals surface area contributed by atoms with Crippen molar-refractivity contribution < 1.29 is 27.5 Å². The summed E-state index contributed by atoms with van der Waals surface area (Å²) in [6, 6.07) is 14.3. The first kappa shape index (κ1) is 26.0. The van der Waals surface area contributed by atoms with Crippen molar-refractivity contribution in [1.82, 2.24) is 14.9 Å². The van der Waals surface area contributed by atoms with Gasteiger partial charge in [-0.25, -0.2) is 17.9 Å². The molecular weight excluding hydrogens is 446 g/mol. The van der Waals surface area contributed by atoms with Gasteiger partial charge >= 0.3 is 5.97 Å². The molecular formula is C23H29N3O6S. The van der Waals surface area contributed by atoms with Gasteiger partial charge in [0.25, 0.3) is 5.91 Å². The van der Waals surface area contributed by atoms with Gasteiger partial charge in [-0.2, -0.15) is 0 Å². The second-order valence-electron chi connectivity index (χ2n) is 7.54. The van der Waals surface area contributed by atoms with Crippen molar-refractivity contribution in [3.05, 3.63) is 65.7 Å². The number of benzene rings is 2. The molecule has 0 spiro atoms. The van der Waals surface area contributed by atoms with Gasteiger partial charge in [-0.3, -0.25) is 9.59 Å². The number of carbonyl (C=O) groups is 3. The highest BCUT2D eigenvalue weighted by Gasteiger charge is 2.20. The van der Waals surface area contributed by atoms with E-state index >= 15 is 0 Å². The van der Waals surface area contributed by atoms with Crippen LogP contribution in [-0.4, -0.2) is 56.8 Å². The van der Waals surface area contributed by atoms with Crippen LogP contribution in [0.3, 0.4) is 0 Å². The highest BCUT2D eigenvalue weighted by atomic mass is 32.2. The molecule has 0 fully saturated rings. The first-order valence-corrected chi connectivity index (χ1v) is 12.0. The van der Waals surface area contributed by atoms with Gasteiger partial charge in [0.05, 0.1) is 17.0 Å². The van der Waals surface area contributed by atoms with E-state index in [1.165, 1.54) is 29.2 Å². The molecule has 2 aromatic carbocycles. The second kappa shape index (κ2) is 12.1. The fourth-order valence-electron chi connectivity index (χ4n) is 2.87. The lowest BCUT2D eigenvalue weighted by atomic mass is 10.2. The molecule has 0 aromatic heterocycles. The number of rotatable bonds is 11. The van der Waals surface area contributed by atoms with E-state index in [4.69, 9.17) is 4.74 Å². The summed E-state index contributed by atoms with van der Waals surface area (Å²) in [6.45, 7) is 4.98. The van der Waals surface area contributed by atoms with Gasteiger partial charge in [0.15, 0.2) is 6.61 Å². The maximum absolute atomic E-state index is 12.6. The predicted molar refractivity (Wildman–Crippen MR) is 123 cm³/mol. The van der Waals surface area contributed by atoms with Gasteiger partial charge in [-0.15, -0.1) is 0 Å². The Balaban J connectivity index is 1.98. The number of nitrogens with zero attached hydrogens (tertiary/aromatic N) is 1. The Morgan fingerprint density at radius 2 is 1.73 bits per heavy atom. The molecule has 2 N–H and O–H groups in total. The zero-order valence-corrected chi connectivity index (χ0v) is 19.7. The van der Waals surface area contributed by atoms with Crippen molar-refractivity contribution in [2.24, 2.45) is 0 Å². The van der Waals surface area contributed by atoms with E-state index in [1.54, 1.807) is 31.2 Å². The van der Waals surface area contributed by atoms with E-state index in [-0.39, 0.29) is 42.0 Å². The van der Waals surface area contributed by atoms with Crippen LogP contribution in [0.25, 0.3) is 0 Å².